The summed E-state index contributed by atoms with van der Waals surface area (Å²) in [4.78, 5) is 0. The molecule has 110 valence electrons. The summed E-state index contributed by atoms with van der Waals surface area (Å²) >= 11 is 2.01. The molecular formula is C16H23NO2S. The van der Waals surface area contributed by atoms with E-state index in [1.54, 1.807) is 0 Å². The van der Waals surface area contributed by atoms with Crippen molar-refractivity contribution in [2.75, 3.05) is 26.0 Å². The van der Waals surface area contributed by atoms with E-state index in [0.29, 0.717) is 4.75 Å². The quantitative estimate of drug-likeness (QED) is 0.903. The number of rotatable bonds is 5. The molecule has 4 heteroatoms. The van der Waals surface area contributed by atoms with Gasteiger partial charge in [-0.2, -0.15) is 11.8 Å². The lowest BCUT2D eigenvalue weighted by Crippen LogP contribution is -2.43. The van der Waals surface area contributed by atoms with E-state index in [4.69, 9.17) is 9.47 Å². The highest BCUT2D eigenvalue weighted by Gasteiger charge is 2.35. The highest BCUT2D eigenvalue weighted by Crippen LogP contribution is 2.42. The van der Waals surface area contributed by atoms with Gasteiger partial charge in [-0.05, 0) is 36.8 Å². The Morgan fingerprint density at radius 2 is 1.95 bits per heavy atom. The van der Waals surface area contributed by atoms with Crippen LogP contribution in [0, 0.1) is 0 Å². The second kappa shape index (κ2) is 6.27. The molecule has 1 heterocycles. The lowest BCUT2D eigenvalue weighted by Gasteiger charge is -2.40. The van der Waals surface area contributed by atoms with Crippen molar-refractivity contribution in [3.63, 3.8) is 0 Å². The molecule has 0 radical (unpaired) electrons. The molecule has 0 atom stereocenters. The maximum atomic E-state index is 5.73. The first-order valence-corrected chi connectivity index (χ1v) is 8.68. The molecule has 1 aromatic carbocycles. The van der Waals surface area contributed by atoms with E-state index in [-0.39, 0.29) is 0 Å². The smallest absolute Gasteiger partial charge is 0.161 e. The zero-order valence-corrected chi connectivity index (χ0v) is 12.9. The van der Waals surface area contributed by atoms with Crippen molar-refractivity contribution in [1.29, 1.82) is 0 Å². The maximum absolute atomic E-state index is 5.73. The van der Waals surface area contributed by atoms with Crippen LogP contribution in [0.2, 0.25) is 0 Å². The van der Waals surface area contributed by atoms with Crippen LogP contribution in [0.4, 0.5) is 0 Å². The van der Waals surface area contributed by atoms with Gasteiger partial charge in [0.2, 0.25) is 0 Å². The fourth-order valence-corrected chi connectivity index (χ4v) is 3.72. The van der Waals surface area contributed by atoms with E-state index in [9.17, 15) is 0 Å². The molecule has 1 aromatic rings. The molecule has 0 spiro atoms. The van der Waals surface area contributed by atoms with Crippen LogP contribution in [0.5, 0.6) is 11.5 Å². The Morgan fingerprint density at radius 1 is 1.15 bits per heavy atom. The molecule has 0 bridgehead atoms. The fraction of sp³-hybridized carbons (Fsp3) is 0.625. The van der Waals surface area contributed by atoms with Crippen molar-refractivity contribution in [3.8, 4) is 11.5 Å². The first-order chi connectivity index (χ1) is 9.81. The van der Waals surface area contributed by atoms with E-state index in [0.717, 1.165) is 44.2 Å². The number of ether oxygens (including phenoxy) is 2. The Morgan fingerprint density at radius 3 is 2.65 bits per heavy atom. The topological polar surface area (TPSA) is 30.5 Å². The third-order valence-corrected chi connectivity index (χ3v) is 5.70. The highest BCUT2D eigenvalue weighted by molar-refractivity contribution is 8.00. The average molecular weight is 293 g/mol. The molecule has 1 aliphatic carbocycles. The Kier molecular flexibility index (Phi) is 4.41. The molecule has 20 heavy (non-hydrogen) atoms. The van der Waals surface area contributed by atoms with Crippen LogP contribution in [-0.4, -0.2) is 30.8 Å². The third-order valence-electron chi connectivity index (χ3n) is 4.29. The van der Waals surface area contributed by atoms with Gasteiger partial charge in [-0.1, -0.05) is 12.5 Å². The van der Waals surface area contributed by atoms with Crippen molar-refractivity contribution in [2.24, 2.45) is 0 Å². The molecule has 1 aliphatic heterocycles. The maximum Gasteiger partial charge on any atom is 0.161 e. The van der Waals surface area contributed by atoms with Crippen LogP contribution in [0.1, 0.15) is 31.2 Å². The molecule has 3 rings (SSSR count). The summed E-state index contributed by atoms with van der Waals surface area (Å²) in [6.45, 7) is 3.50. The van der Waals surface area contributed by atoms with Gasteiger partial charge in [-0.15, -0.1) is 0 Å². The second-order valence-corrected chi connectivity index (χ2v) is 6.95. The Labute approximate surface area is 125 Å². The molecule has 1 saturated carbocycles. The monoisotopic (exact) mass is 293 g/mol. The number of thioether (sulfide) groups is 1. The summed E-state index contributed by atoms with van der Waals surface area (Å²) in [5.74, 6) is 1.77. The van der Waals surface area contributed by atoms with E-state index < -0.39 is 0 Å². The van der Waals surface area contributed by atoms with Crippen molar-refractivity contribution < 1.29 is 9.47 Å². The summed E-state index contributed by atoms with van der Waals surface area (Å²) in [5.41, 5.74) is 1.27. The van der Waals surface area contributed by atoms with E-state index in [2.05, 4.69) is 23.7 Å². The molecule has 0 amide bonds. The first kappa shape index (κ1) is 14.1. The van der Waals surface area contributed by atoms with E-state index in [1.165, 1.54) is 24.8 Å². The average Bonchev–Trinajstić information content (AvgIpc) is 2.66. The molecule has 0 unspecified atom stereocenters. The van der Waals surface area contributed by atoms with Gasteiger partial charge in [0.15, 0.2) is 11.5 Å². The number of hydrogen-bond acceptors (Lipinski definition) is 4. The largest absolute Gasteiger partial charge is 0.490 e. The zero-order chi connectivity index (χ0) is 13.8. The minimum atomic E-state index is 0.491. The third kappa shape index (κ3) is 3.07. The standard InChI is InChI=1S/C16H23NO2S/c1-20-16(6-2-7-16)12-17-11-13-4-5-14-15(10-13)19-9-3-8-18-14/h4-5,10,17H,2-3,6-9,11-12H2,1H3. The minimum Gasteiger partial charge on any atom is -0.490 e. The van der Waals surface area contributed by atoms with Gasteiger partial charge in [0.1, 0.15) is 0 Å². The van der Waals surface area contributed by atoms with E-state index >= 15 is 0 Å². The van der Waals surface area contributed by atoms with Crippen LogP contribution < -0.4 is 14.8 Å². The van der Waals surface area contributed by atoms with Gasteiger partial charge in [-0.25, -0.2) is 0 Å². The van der Waals surface area contributed by atoms with Gasteiger partial charge in [-0.3, -0.25) is 0 Å². The number of nitrogens with one attached hydrogen (secondary N) is 1. The minimum absolute atomic E-state index is 0.491. The highest BCUT2D eigenvalue weighted by atomic mass is 32.2. The fourth-order valence-electron chi connectivity index (χ4n) is 2.78. The zero-order valence-electron chi connectivity index (χ0n) is 12.1. The molecule has 1 N–H and O–H groups in total. The Bertz CT molecular complexity index is 454. The van der Waals surface area contributed by atoms with Crippen molar-refractivity contribution in [1.82, 2.24) is 5.32 Å². The SMILES string of the molecule is CSC1(CNCc2ccc3c(c2)OCCCO3)CCC1. The summed E-state index contributed by atoms with van der Waals surface area (Å²) < 4.78 is 11.9. The predicted molar refractivity (Wildman–Crippen MR) is 83.9 cm³/mol. The summed E-state index contributed by atoms with van der Waals surface area (Å²) in [7, 11) is 0. The number of fused-ring (bicyclic) bond motifs is 1. The van der Waals surface area contributed by atoms with Crippen LogP contribution in [-0.2, 0) is 6.54 Å². The molecule has 2 aliphatic rings. The molecule has 3 nitrogen and oxygen atoms in total. The normalized spacial score (nSPS) is 20.1. The Hall–Kier alpha value is -0.870. The van der Waals surface area contributed by atoms with Crippen molar-refractivity contribution in [3.05, 3.63) is 23.8 Å². The molecule has 1 fully saturated rings. The summed E-state index contributed by atoms with van der Waals surface area (Å²) in [5, 5.41) is 3.60. The van der Waals surface area contributed by atoms with Crippen LogP contribution >= 0.6 is 11.8 Å². The molecule has 0 aromatic heterocycles. The number of benzene rings is 1. The van der Waals surface area contributed by atoms with Gasteiger partial charge < -0.3 is 14.8 Å². The van der Waals surface area contributed by atoms with Crippen LogP contribution in [0.25, 0.3) is 0 Å². The molecular weight excluding hydrogens is 270 g/mol. The summed E-state index contributed by atoms with van der Waals surface area (Å²) in [6, 6.07) is 6.28. The molecule has 0 saturated heterocycles. The predicted octanol–water partition coefficient (Wildman–Crippen LogP) is 3.22. The second-order valence-electron chi connectivity index (χ2n) is 5.68. The Balaban J connectivity index is 1.56. The summed E-state index contributed by atoms with van der Waals surface area (Å²) in [6.07, 6.45) is 7.27. The number of hydrogen-bond donors (Lipinski definition) is 1. The lowest BCUT2D eigenvalue weighted by atomic mass is 9.84. The van der Waals surface area contributed by atoms with Gasteiger partial charge in [0.05, 0.1) is 13.2 Å². The lowest BCUT2D eigenvalue weighted by molar-refractivity contribution is 0.297. The van der Waals surface area contributed by atoms with Crippen molar-refractivity contribution in [2.45, 2.75) is 37.0 Å². The first-order valence-electron chi connectivity index (χ1n) is 7.46. The van der Waals surface area contributed by atoms with Crippen molar-refractivity contribution >= 4 is 11.8 Å². The van der Waals surface area contributed by atoms with Gasteiger partial charge in [0, 0.05) is 24.3 Å². The van der Waals surface area contributed by atoms with Gasteiger partial charge in [0.25, 0.3) is 0 Å². The van der Waals surface area contributed by atoms with Gasteiger partial charge >= 0.3 is 0 Å². The van der Waals surface area contributed by atoms with E-state index in [1.807, 2.05) is 17.8 Å². The van der Waals surface area contributed by atoms with Crippen LogP contribution in [0.15, 0.2) is 18.2 Å². The van der Waals surface area contributed by atoms with Crippen LogP contribution in [0.3, 0.4) is 0 Å².